The Bertz CT molecular complexity index is 980. The number of carbonyl (C=O) groups excluding carboxylic acids is 3. The van der Waals surface area contributed by atoms with Crippen molar-refractivity contribution in [1.29, 1.82) is 0 Å². The van der Waals surface area contributed by atoms with E-state index < -0.39 is 17.7 Å². The second-order valence-corrected chi connectivity index (χ2v) is 7.28. The second-order valence-electron chi connectivity index (χ2n) is 7.28. The normalized spacial score (nSPS) is 16.3. The van der Waals surface area contributed by atoms with Crippen molar-refractivity contribution >= 4 is 23.3 Å². The molecule has 1 atom stereocenters. The highest BCUT2D eigenvalue weighted by molar-refractivity contribution is 6.16. The fourth-order valence-electron chi connectivity index (χ4n) is 3.45. The third-order valence-corrected chi connectivity index (χ3v) is 4.76. The predicted octanol–water partition coefficient (Wildman–Crippen LogP) is 3.45. The van der Waals surface area contributed by atoms with Gasteiger partial charge in [-0.25, -0.2) is 0 Å². The third-order valence-electron chi connectivity index (χ3n) is 4.76. The van der Waals surface area contributed by atoms with Crippen LogP contribution >= 0.6 is 0 Å². The molecular weight excluding hydrogens is 384 g/mol. The van der Waals surface area contributed by atoms with Gasteiger partial charge in [-0.15, -0.1) is 0 Å². The van der Waals surface area contributed by atoms with E-state index in [4.69, 9.17) is 4.74 Å². The van der Waals surface area contributed by atoms with Crippen molar-refractivity contribution in [3.63, 3.8) is 0 Å². The number of ether oxygens (including phenoxy) is 1. The first-order chi connectivity index (χ1) is 14.3. The Morgan fingerprint density at radius 2 is 1.90 bits per heavy atom. The number of aliphatic hydroxyl groups is 1. The van der Waals surface area contributed by atoms with E-state index in [-0.39, 0.29) is 36.3 Å². The summed E-state index contributed by atoms with van der Waals surface area (Å²) < 4.78 is 5.16. The number of nitrogens with zero attached hydrogens (tertiary/aromatic N) is 2. The van der Waals surface area contributed by atoms with Crippen molar-refractivity contribution in [2.45, 2.75) is 45.8 Å². The molecule has 2 aromatic rings. The van der Waals surface area contributed by atoms with Crippen molar-refractivity contribution in [1.82, 2.24) is 4.98 Å². The molecule has 0 saturated heterocycles. The van der Waals surface area contributed by atoms with Crippen LogP contribution in [-0.2, 0) is 25.5 Å². The number of Topliss-reactive ketones (excluding diaryl/α,β-unsaturated/α-hetero) is 1. The third kappa shape index (κ3) is 4.25. The van der Waals surface area contributed by atoms with Crippen LogP contribution in [0.1, 0.15) is 44.4 Å². The summed E-state index contributed by atoms with van der Waals surface area (Å²) in [4.78, 5) is 42.8. The number of rotatable bonds is 7. The summed E-state index contributed by atoms with van der Waals surface area (Å²) in [6.07, 6.45) is 3.25. The van der Waals surface area contributed by atoms with Gasteiger partial charge in [-0.3, -0.25) is 24.3 Å². The molecule has 156 valence electrons. The van der Waals surface area contributed by atoms with Gasteiger partial charge in [0, 0.05) is 24.5 Å². The number of carbonyl (C=O) groups is 3. The van der Waals surface area contributed by atoms with E-state index in [0.717, 1.165) is 5.56 Å². The predicted molar refractivity (Wildman–Crippen MR) is 111 cm³/mol. The van der Waals surface area contributed by atoms with E-state index in [1.165, 1.54) is 4.90 Å². The van der Waals surface area contributed by atoms with Crippen molar-refractivity contribution in [2.75, 3.05) is 4.90 Å². The maximum absolute atomic E-state index is 12.9. The minimum atomic E-state index is -0.768. The van der Waals surface area contributed by atoms with Crippen LogP contribution in [0, 0.1) is 0 Å². The molecule has 0 saturated carbocycles. The molecule has 0 radical (unpaired) electrons. The maximum Gasteiger partial charge on any atom is 0.310 e. The average molecular weight is 408 g/mol. The Balaban J connectivity index is 1.95. The lowest BCUT2D eigenvalue weighted by molar-refractivity contribution is -0.146. The van der Waals surface area contributed by atoms with E-state index in [9.17, 15) is 19.5 Å². The maximum atomic E-state index is 12.9. The zero-order valence-electron chi connectivity index (χ0n) is 17.2. The largest absolute Gasteiger partial charge is 0.503 e. The molecular formula is C23H24N2O5. The van der Waals surface area contributed by atoms with Gasteiger partial charge in [0.05, 0.1) is 24.1 Å². The number of amides is 1. The molecule has 3 rings (SSSR count). The van der Waals surface area contributed by atoms with Crippen molar-refractivity contribution < 1.29 is 24.2 Å². The lowest BCUT2D eigenvalue weighted by Gasteiger charge is -2.26. The van der Waals surface area contributed by atoms with Gasteiger partial charge >= 0.3 is 5.97 Å². The van der Waals surface area contributed by atoms with Crippen LogP contribution < -0.4 is 4.90 Å². The number of esters is 1. The van der Waals surface area contributed by atoms with E-state index in [1.54, 1.807) is 69.6 Å². The van der Waals surface area contributed by atoms with Crippen LogP contribution in [0.4, 0.5) is 5.69 Å². The van der Waals surface area contributed by atoms with E-state index in [2.05, 4.69) is 4.98 Å². The number of pyridine rings is 1. The van der Waals surface area contributed by atoms with Gasteiger partial charge in [0.25, 0.3) is 5.91 Å². The van der Waals surface area contributed by atoms with Crippen LogP contribution in [0.25, 0.3) is 0 Å². The molecule has 0 spiro atoms. The van der Waals surface area contributed by atoms with Crippen LogP contribution in [0.2, 0.25) is 0 Å². The van der Waals surface area contributed by atoms with Crippen LogP contribution in [0.15, 0.2) is 60.1 Å². The van der Waals surface area contributed by atoms with E-state index in [1.807, 2.05) is 0 Å². The molecule has 0 bridgehead atoms. The quantitative estimate of drug-likeness (QED) is 0.705. The number of hydrogen-bond acceptors (Lipinski definition) is 6. The molecule has 1 aliphatic heterocycles. The fourth-order valence-corrected chi connectivity index (χ4v) is 3.45. The summed E-state index contributed by atoms with van der Waals surface area (Å²) >= 11 is 0. The fraction of sp³-hybridized carbons (Fsp3) is 0.304. The molecule has 30 heavy (non-hydrogen) atoms. The van der Waals surface area contributed by atoms with Gasteiger partial charge in [0.1, 0.15) is 0 Å². The van der Waals surface area contributed by atoms with E-state index in [0.29, 0.717) is 11.3 Å². The van der Waals surface area contributed by atoms with Gasteiger partial charge in [-0.05, 0) is 43.2 Å². The SMILES string of the molecule is CCC(=O)C1=C(O)C(=O)N(c2ccc(CC(=O)OC(C)C)cc2)C1c1cccnc1. The minimum Gasteiger partial charge on any atom is -0.503 e. The number of anilines is 1. The number of hydrogen-bond donors (Lipinski definition) is 1. The number of benzene rings is 1. The summed E-state index contributed by atoms with van der Waals surface area (Å²) in [6, 6.07) is 9.52. The minimum absolute atomic E-state index is 0.0695. The highest BCUT2D eigenvalue weighted by atomic mass is 16.5. The topological polar surface area (TPSA) is 96.8 Å². The van der Waals surface area contributed by atoms with Crippen molar-refractivity contribution in [3.05, 3.63) is 71.3 Å². The van der Waals surface area contributed by atoms with Gasteiger partial charge < -0.3 is 9.84 Å². The first-order valence-electron chi connectivity index (χ1n) is 9.81. The number of aromatic nitrogens is 1. The number of aliphatic hydroxyl groups excluding tert-OH is 1. The average Bonchev–Trinajstić information content (AvgIpc) is 2.99. The van der Waals surface area contributed by atoms with Gasteiger partial charge in [0.15, 0.2) is 11.5 Å². The molecule has 1 aliphatic rings. The molecule has 1 aromatic carbocycles. The molecule has 2 heterocycles. The highest BCUT2D eigenvalue weighted by Gasteiger charge is 2.43. The summed E-state index contributed by atoms with van der Waals surface area (Å²) in [5, 5.41) is 10.5. The molecule has 0 fully saturated rings. The Hall–Kier alpha value is -3.48. The first kappa shape index (κ1) is 21.2. The molecule has 7 heteroatoms. The van der Waals surface area contributed by atoms with Crippen LogP contribution in [0.5, 0.6) is 0 Å². The Kier molecular flexibility index (Phi) is 6.30. The zero-order valence-corrected chi connectivity index (χ0v) is 17.2. The smallest absolute Gasteiger partial charge is 0.310 e. The lowest BCUT2D eigenvalue weighted by Crippen LogP contribution is -2.31. The molecule has 0 aliphatic carbocycles. The first-order valence-corrected chi connectivity index (χ1v) is 9.81. The second kappa shape index (κ2) is 8.90. The Labute approximate surface area is 175 Å². The molecule has 1 unspecified atom stereocenters. The van der Waals surface area contributed by atoms with Crippen molar-refractivity contribution in [3.8, 4) is 0 Å². The summed E-state index contributed by atoms with van der Waals surface area (Å²) in [7, 11) is 0. The zero-order chi connectivity index (χ0) is 21.8. The Morgan fingerprint density at radius 1 is 1.20 bits per heavy atom. The summed E-state index contributed by atoms with van der Waals surface area (Å²) in [6.45, 7) is 5.25. The monoisotopic (exact) mass is 408 g/mol. The van der Waals surface area contributed by atoms with Gasteiger partial charge in [-0.1, -0.05) is 25.1 Å². The van der Waals surface area contributed by atoms with Crippen molar-refractivity contribution in [2.24, 2.45) is 0 Å². The van der Waals surface area contributed by atoms with Crippen LogP contribution in [0.3, 0.4) is 0 Å². The van der Waals surface area contributed by atoms with Gasteiger partial charge in [-0.2, -0.15) is 0 Å². The van der Waals surface area contributed by atoms with Gasteiger partial charge in [0.2, 0.25) is 0 Å². The summed E-state index contributed by atoms with van der Waals surface area (Å²) in [5.41, 5.74) is 1.92. The Morgan fingerprint density at radius 3 is 2.47 bits per heavy atom. The molecule has 1 N–H and O–H groups in total. The molecule has 7 nitrogen and oxygen atoms in total. The van der Waals surface area contributed by atoms with Crippen LogP contribution in [-0.4, -0.2) is 33.9 Å². The van der Waals surface area contributed by atoms with E-state index >= 15 is 0 Å². The standard InChI is InChI=1S/C23H24N2O5/c1-4-18(26)20-21(16-6-5-11-24-13-16)25(23(29)22(20)28)17-9-7-15(8-10-17)12-19(27)30-14(2)3/h5-11,13-14,21,28H,4,12H2,1-3H3. The highest BCUT2D eigenvalue weighted by Crippen LogP contribution is 2.41. The molecule has 1 amide bonds. The lowest BCUT2D eigenvalue weighted by atomic mass is 9.96. The number of ketones is 1. The summed E-state index contributed by atoms with van der Waals surface area (Å²) in [5.74, 6) is -1.82. The molecule has 1 aromatic heterocycles.